The molecule has 4 nitrogen and oxygen atoms in total. The lowest BCUT2D eigenvalue weighted by Crippen LogP contribution is -2.57. The number of nitrogens with one attached hydrogen (secondary N) is 1. The molecule has 2 N–H and O–H groups in total. The van der Waals surface area contributed by atoms with Crippen LogP contribution in [0, 0.1) is 11.8 Å². The molecule has 1 aliphatic heterocycles. The van der Waals surface area contributed by atoms with E-state index in [9.17, 15) is 9.90 Å². The second kappa shape index (κ2) is 8.48. The molecule has 1 rings (SSSR count). The predicted molar refractivity (Wildman–Crippen MR) is 73.3 cm³/mol. The maximum Gasteiger partial charge on any atom is 0.217 e. The average Bonchev–Trinajstić information content (AvgIpc) is 2.35. The highest BCUT2D eigenvalue weighted by Gasteiger charge is 2.40. The van der Waals surface area contributed by atoms with Crippen LogP contribution in [0.3, 0.4) is 0 Å². The average molecular weight is 259 g/mol. The molecule has 0 aromatic rings. The van der Waals surface area contributed by atoms with Crippen molar-refractivity contribution in [3.63, 3.8) is 0 Å². The van der Waals surface area contributed by atoms with Gasteiger partial charge in [0.2, 0.25) is 5.91 Å². The number of hydrogen-bond acceptors (Lipinski definition) is 3. The van der Waals surface area contributed by atoms with Crippen molar-refractivity contribution in [2.75, 3.05) is 6.61 Å². The van der Waals surface area contributed by atoms with Gasteiger partial charge in [-0.25, -0.2) is 0 Å². The zero-order chi connectivity index (χ0) is 14.3. The van der Waals surface area contributed by atoms with Crippen LogP contribution in [0.4, 0.5) is 0 Å². The Bertz CT molecular complexity index is 245. The summed E-state index contributed by atoms with van der Waals surface area (Å²) in [5.41, 5.74) is 0. The van der Waals surface area contributed by atoms with Gasteiger partial charge in [-0.1, -0.05) is 34.1 Å². The van der Waals surface area contributed by atoms with E-state index in [0.717, 1.165) is 6.42 Å². The van der Waals surface area contributed by atoms with Crippen molar-refractivity contribution < 1.29 is 14.6 Å². The van der Waals surface area contributed by atoms with Gasteiger partial charge in [-0.15, -0.1) is 0 Å². The fourth-order valence-electron chi connectivity index (χ4n) is 2.81. The van der Waals surface area contributed by atoms with Gasteiger partial charge >= 0.3 is 0 Å². The van der Waals surface area contributed by atoms with Crippen LogP contribution in [0.5, 0.6) is 0 Å². The van der Waals surface area contributed by atoms with Crippen molar-refractivity contribution in [3.05, 3.63) is 0 Å². The van der Waals surface area contributed by atoms with E-state index in [-0.39, 0.29) is 30.8 Å². The minimum absolute atomic E-state index is 0.0456. The topological polar surface area (TPSA) is 58.6 Å². The first-order valence-electron chi connectivity index (χ1n) is 7.04. The van der Waals surface area contributed by atoms with Gasteiger partial charge in [-0.3, -0.25) is 4.79 Å². The molecule has 5 atom stereocenters. The summed E-state index contributed by atoms with van der Waals surface area (Å²) in [4.78, 5) is 11.1. The molecule has 1 aliphatic rings. The molecule has 1 amide bonds. The summed E-state index contributed by atoms with van der Waals surface area (Å²) in [6.45, 7) is 11.7. The fraction of sp³-hybridized carbons (Fsp3) is 0.929. The molecule has 1 saturated heterocycles. The van der Waals surface area contributed by atoms with E-state index in [1.807, 2.05) is 20.8 Å². The Kier molecular flexibility index (Phi) is 8.20. The molecule has 2 unspecified atom stereocenters. The molecule has 0 aromatic carbocycles. The van der Waals surface area contributed by atoms with Crippen LogP contribution in [0.1, 0.15) is 48.0 Å². The Morgan fingerprint density at radius 2 is 1.89 bits per heavy atom. The van der Waals surface area contributed by atoms with Gasteiger partial charge in [0.15, 0.2) is 0 Å². The molecule has 0 aliphatic carbocycles. The van der Waals surface area contributed by atoms with Gasteiger partial charge in [-0.2, -0.15) is 0 Å². The highest BCUT2D eigenvalue weighted by atomic mass is 16.5. The van der Waals surface area contributed by atoms with E-state index in [1.54, 1.807) is 0 Å². The summed E-state index contributed by atoms with van der Waals surface area (Å²) in [5, 5.41) is 12.2. The van der Waals surface area contributed by atoms with Crippen molar-refractivity contribution in [1.29, 1.82) is 0 Å². The molecular formula is C14H29NO3. The largest absolute Gasteiger partial charge is 0.394 e. The third-order valence-electron chi connectivity index (χ3n) is 3.66. The lowest BCUT2D eigenvalue weighted by atomic mass is 9.78. The van der Waals surface area contributed by atoms with Gasteiger partial charge in [0.05, 0.1) is 18.8 Å². The normalized spacial score (nSPS) is 35.4. The van der Waals surface area contributed by atoms with Gasteiger partial charge in [0.25, 0.3) is 0 Å². The zero-order valence-electron chi connectivity index (χ0n) is 12.6. The Morgan fingerprint density at radius 3 is 2.28 bits per heavy atom. The summed E-state index contributed by atoms with van der Waals surface area (Å²) in [5.74, 6) is 0.692. The molecule has 18 heavy (non-hydrogen) atoms. The van der Waals surface area contributed by atoms with Crippen molar-refractivity contribution >= 4 is 5.91 Å². The molecule has 0 radical (unpaired) electrons. The summed E-state index contributed by atoms with van der Waals surface area (Å²) >= 11 is 0. The minimum Gasteiger partial charge on any atom is -0.394 e. The Balaban J connectivity index is 0.00000137. The van der Waals surface area contributed by atoms with Crippen LogP contribution in [0.15, 0.2) is 0 Å². The number of aliphatic hydroxyl groups excluding tert-OH is 1. The monoisotopic (exact) mass is 259 g/mol. The number of carbonyl (C=O) groups is 1. The number of ether oxygens (including phenoxy) is 1. The standard InChI is InChI=1S/C12H23NO3.C2H6/c1-5-10-7(2)12(13-9(4)15)11(6-14)16-8(10)3;1-2/h7-8,10-12,14H,5-6H2,1-4H3,(H,13,15);1-2H3/t7-,8?,10+,11+,12?;/m1./s1. The van der Waals surface area contributed by atoms with E-state index in [4.69, 9.17) is 4.74 Å². The first-order valence-corrected chi connectivity index (χ1v) is 7.04. The van der Waals surface area contributed by atoms with Crippen LogP contribution in [0.25, 0.3) is 0 Å². The van der Waals surface area contributed by atoms with Gasteiger partial charge < -0.3 is 15.2 Å². The molecule has 1 fully saturated rings. The maximum absolute atomic E-state index is 11.1. The summed E-state index contributed by atoms with van der Waals surface area (Å²) < 4.78 is 5.76. The first kappa shape index (κ1) is 17.4. The molecule has 0 bridgehead atoms. The SMILES string of the molecule is CC.CC[C@@H]1C(C)O[C@@H](CO)C(NC(C)=O)[C@@H]1C. The van der Waals surface area contributed by atoms with Crippen LogP contribution in [-0.4, -0.2) is 35.9 Å². The van der Waals surface area contributed by atoms with E-state index in [2.05, 4.69) is 19.2 Å². The third kappa shape index (κ3) is 4.25. The fourth-order valence-corrected chi connectivity index (χ4v) is 2.81. The summed E-state index contributed by atoms with van der Waals surface area (Å²) in [7, 11) is 0. The van der Waals surface area contributed by atoms with Crippen LogP contribution < -0.4 is 5.32 Å². The number of aliphatic hydroxyl groups is 1. The quantitative estimate of drug-likeness (QED) is 0.814. The van der Waals surface area contributed by atoms with Gasteiger partial charge in [0.1, 0.15) is 6.10 Å². The highest BCUT2D eigenvalue weighted by molar-refractivity contribution is 5.73. The van der Waals surface area contributed by atoms with E-state index in [0.29, 0.717) is 11.8 Å². The molecule has 4 heteroatoms. The predicted octanol–water partition coefficient (Wildman–Crippen LogP) is 1.96. The summed E-state index contributed by atoms with van der Waals surface area (Å²) in [6, 6.07) is -0.0800. The van der Waals surface area contributed by atoms with Crippen molar-refractivity contribution in [2.45, 2.75) is 66.2 Å². The number of carbonyl (C=O) groups excluding carboxylic acids is 1. The number of rotatable bonds is 3. The Hall–Kier alpha value is -0.610. The van der Waals surface area contributed by atoms with Gasteiger partial charge in [0, 0.05) is 6.92 Å². The molecule has 1 heterocycles. The van der Waals surface area contributed by atoms with E-state index >= 15 is 0 Å². The number of amides is 1. The zero-order valence-corrected chi connectivity index (χ0v) is 12.6. The number of hydrogen-bond donors (Lipinski definition) is 2. The molecule has 0 saturated carbocycles. The Labute approximate surface area is 111 Å². The molecule has 0 aromatic heterocycles. The summed E-state index contributed by atoms with van der Waals surface area (Å²) in [6.07, 6.45) is 0.884. The van der Waals surface area contributed by atoms with E-state index in [1.165, 1.54) is 6.92 Å². The molecular weight excluding hydrogens is 230 g/mol. The lowest BCUT2D eigenvalue weighted by Gasteiger charge is -2.44. The lowest BCUT2D eigenvalue weighted by molar-refractivity contribution is -0.143. The first-order chi connectivity index (χ1) is 8.51. The minimum atomic E-state index is -0.281. The smallest absolute Gasteiger partial charge is 0.217 e. The Morgan fingerprint density at radius 1 is 1.33 bits per heavy atom. The van der Waals surface area contributed by atoms with Crippen molar-refractivity contribution in [3.8, 4) is 0 Å². The second-order valence-electron chi connectivity index (χ2n) is 4.72. The maximum atomic E-state index is 11.1. The third-order valence-corrected chi connectivity index (χ3v) is 3.66. The van der Waals surface area contributed by atoms with Crippen molar-refractivity contribution in [1.82, 2.24) is 5.32 Å². The van der Waals surface area contributed by atoms with Crippen LogP contribution >= 0.6 is 0 Å². The second-order valence-corrected chi connectivity index (χ2v) is 4.72. The van der Waals surface area contributed by atoms with Gasteiger partial charge in [-0.05, 0) is 18.8 Å². The molecule has 108 valence electrons. The highest BCUT2D eigenvalue weighted by Crippen LogP contribution is 2.32. The van der Waals surface area contributed by atoms with Crippen LogP contribution in [-0.2, 0) is 9.53 Å². The van der Waals surface area contributed by atoms with Crippen molar-refractivity contribution in [2.24, 2.45) is 11.8 Å². The molecule has 0 spiro atoms. The van der Waals surface area contributed by atoms with Crippen LogP contribution in [0.2, 0.25) is 0 Å². The van der Waals surface area contributed by atoms with E-state index < -0.39 is 0 Å².